The molecule has 29 heavy (non-hydrogen) atoms. The topological polar surface area (TPSA) is 64.0 Å². The molecule has 3 aromatic rings. The van der Waals surface area contributed by atoms with Gasteiger partial charge in [0.25, 0.3) is 5.56 Å². The van der Waals surface area contributed by atoms with Crippen molar-refractivity contribution >= 4 is 5.69 Å². The van der Waals surface area contributed by atoms with E-state index in [1.54, 1.807) is 30.5 Å². The molecule has 1 saturated heterocycles. The molecule has 0 bridgehead atoms. The van der Waals surface area contributed by atoms with E-state index < -0.39 is 17.2 Å². The van der Waals surface area contributed by atoms with Crippen LogP contribution in [0.15, 0.2) is 53.5 Å². The zero-order chi connectivity index (χ0) is 20.4. The first kappa shape index (κ1) is 19.1. The lowest BCUT2D eigenvalue weighted by atomic mass is 10.0. The van der Waals surface area contributed by atoms with E-state index in [2.05, 4.69) is 10.4 Å². The highest BCUT2D eigenvalue weighted by atomic mass is 19.1. The maximum absolute atomic E-state index is 13.9. The highest BCUT2D eigenvalue weighted by Gasteiger charge is 2.22. The molecule has 150 valence electrons. The van der Waals surface area contributed by atoms with E-state index >= 15 is 0 Å². The minimum atomic E-state index is -0.734. The Kier molecular flexibility index (Phi) is 5.26. The van der Waals surface area contributed by atoms with Crippen LogP contribution >= 0.6 is 0 Å². The number of hydrogen-bond donors (Lipinski definition) is 1. The zero-order valence-corrected chi connectivity index (χ0v) is 15.9. The summed E-state index contributed by atoms with van der Waals surface area (Å²) in [5.74, 6) is -0.894. The fourth-order valence-electron chi connectivity index (χ4n) is 3.57. The summed E-state index contributed by atoms with van der Waals surface area (Å²) in [4.78, 5) is 15.5. The summed E-state index contributed by atoms with van der Waals surface area (Å²) in [7, 11) is 1.53. The summed E-state index contributed by atoms with van der Waals surface area (Å²) in [6.45, 7) is 3.18. The minimum absolute atomic E-state index is 0.191. The molecule has 1 aromatic heterocycles. The van der Waals surface area contributed by atoms with Gasteiger partial charge in [-0.25, -0.2) is 8.78 Å². The van der Waals surface area contributed by atoms with Crippen LogP contribution in [0.4, 0.5) is 14.5 Å². The van der Waals surface area contributed by atoms with E-state index in [0.29, 0.717) is 17.1 Å². The van der Waals surface area contributed by atoms with Gasteiger partial charge in [-0.1, -0.05) is 6.07 Å². The van der Waals surface area contributed by atoms with Crippen LogP contribution in [0.2, 0.25) is 0 Å². The number of aromatic nitrogens is 2. The van der Waals surface area contributed by atoms with Gasteiger partial charge in [0.05, 0.1) is 56.4 Å². The van der Waals surface area contributed by atoms with Crippen LogP contribution in [0, 0.1) is 11.6 Å². The largest absolute Gasteiger partial charge is 0.497 e. The molecule has 4 rings (SSSR count). The van der Waals surface area contributed by atoms with Crippen molar-refractivity contribution in [3.8, 4) is 22.6 Å². The number of ether oxygens (including phenoxy) is 1. The van der Waals surface area contributed by atoms with Gasteiger partial charge in [-0.3, -0.25) is 4.79 Å². The lowest BCUT2D eigenvalue weighted by molar-refractivity contribution is -0.655. The lowest BCUT2D eigenvalue weighted by Gasteiger charge is -2.29. The van der Waals surface area contributed by atoms with Crippen molar-refractivity contribution in [2.75, 3.05) is 38.2 Å². The second-order valence-electron chi connectivity index (χ2n) is 6.83. The van der Waals surface area contributed by atoms with Crippen LogP contribution in [0.3, 0.4) is 0 Å². The molecule has 0 unspecified atom stereocenters. The third kappa shape index (κ3) is 3.84. The number of piperazine rings is 1. The van der Waals surface area contributed by atoms with E-state index in [1.807, 2.05) is 4.90 Å². The van der Waals surface area contributed by atoms with Crippen molar-refractivity contribution < 1.29 is 18.8 Å². The molecule has 8 heteroatoms. The number of quaternary nitrogens is 1. The molecule has 1 aliphatic rings. The summed E-state index contributed by atoms with van der Waals surface area (Å²) >= 11 is 0. The number of rotatable bonds is 4. The molecule has 2 N–H and O–H groups in total. The number of nitrogens with zero attached hydrogens (tertiary/aromatic N) is 3. The van der Waals surface area contributed by atoms with E-state index in [1.165, 1.54) is 23.9 Å². The summed E-state index contributed by atoms with van der Waals surface area (Å²) in [5.41, 5.74) is 1.05. The van der Waals surface area contributed by atoms with Gasteiger partial charge in [-0.2, -0.15) is 9.78 Å². The maximum atomic E-state index is 13.9. The Morgan fingerprint density at radius 3 is 2.48 bits per heavy atom. The van der Waals surface area contributed by atoms with Gasteiger partial charge in [-0.15, -0.1) is 0 Å². The number of anilines is 1. The van der Waals surface area contributed by atoms with Gasteiger partial charge in [-0.05, 0) is 29.8 Å². The predicted molar refractivity (Wildman–Crippen MR) is 106 cm³/mol. The summed E-state index contributed by atoms with van der Waals surface area (Å²) in [5, 5.41) is 6.52. The van der Waals surface area contributed by atoms with E-state index in [9.17, 15) is 13.6 Å². The third-order valence-electron chi connectivity index (χ3n) is 4.95. The Bertz CT molecular complexity index is 1070. The van der Waals surface area contributed by atoms with Gasteiger partial charge >= 0.3 is 0 Å². The second kappa shape index (κ2) is 8.00. The van der Waals surface area contributed by atoms with Crippen molar-refractivity contribution in [2.45, 2.75) is 0 Å². The molecule has 1 aliphatic heterocycles. The molecule has 2 aromatic carbocycles. The van der Waals surface area contributed by atoms with Crippen molar-refractivity contribution in [3.63, 3.8) is 0 Å². The maximum Gasteiger partial charge on any atom is 0.281 e. The summed E-state index contributed by atoms with van der Waals surface area (Å²) in [6.07, 6.45) is 1.59. The second-order valence-corrected chi connectivity index (χ2v) is 6.83. The molecular formula is C21H21F2N4O2+. The quantitative estimate of drug-likeness (QED) is 0.724. The number of hydrogen-bond acceptors (Lipinski definition) is 4. The zero-order valence-electron chi connectivity index (χ0n) is 15.9. The Labute approximate surface area is 166 Å². The molecule has 0 spiro atoms. The average molecular weight is 399 g/mol. The van der Waals surface area contributed by atoms with E-state index in [4.69, 9.17) is 4.74 Å². The molecule has 6 nitrogen and oxygen atoms in total. The van der Waals surface area contributed by atoms with Crippen LogP contribution in [-0.4, -0.2) is 43.1 Å². The number of methoxy groups -OCH3 is 1. The first-order chi connectivity index (χ1) is 14.1. The smallest absolute Gasteiger partial charge is 0.281 e. The van der Waals surface area contributed by atoms with Gasteiger partial charge in [0, 0.05) is 12.1 Å². The third-order valence-corrected chi connectivity index (χ3v) is 4.95. The molecule has 0 radical (unpaired) electrons. The molecule has 0 saturated carbocycles. The Hall–Kier alpha value is -3.26. The number of nitrogens with two attached hydrogens (primary N) is 1. The van der Waals surface area contributed by atoms with Crippen LogP contribution in [-0.2, 0) is 0 Å². The predicted octanol–water partition coefficient (Wildman–Crippen LogP) is 1.57. The van der Waals surface area contributed by atoms with Gasteiger partial charge in [0.2, 0.25) is 0 Å². The normalized spacial score (nSPS) is 14.1. The van der Waals surface area contributed by atoms with E-state index in [0.717, 1.165) is 32.2 Å². The van der Waals surface area contributed by atoms with Crippen molar-refractivity contribution in [1.82, 2.24) is 9.78 Å². The first-order valence-electron chi connectivity index (χ1n) is 9.36. The van der Waals surface area contributed by atoms with Crippen molar-refractivity contribution in [1.29, 1.82) is 0 Å². The fourth-order valence-corrected chi connectivity index (χ4v) is 3.57. The highest BCUT2D eigenvalue weighted by molar-refractivity contribution is 5.77. The first-order valence-corrected chi connectivity index (χ1v) is 9.36. The van der Waals surface area contributed by atoms with E-state index in [-0.39, 0.29) is 11.1 Å². The van der Waals surface area contributed by atoms with Crippen LogP contribution < -0.4 is 20.5 Å². The van der Waals surface area contributed by atoms with Gasteiger partial charge < -0.3 is 15.0 Å². The van der Waals surface area contributed by atoms with Crippen molar-refractivity contribution in [3.05, 3.63) is 70.6 Å². The standard InChI is InChI=1S/C21H20F2N4O2/c1-29-18-4-2-3-17(12-18)27-21(28)20(14-9-15(22)11-16(23)10-14)19(13-25-27)26-7-5-24-6-8-26/h2-4,9-13,24H,5-8H2,1H3/p+1. The summed E-state index contributed by atoms with van der Waals surface area (Å²) < 4.78 is 34.3. The molecule has 0 amide bonds. The van der Waals surface area contributed by atoms with Crippen LogP contribution in [0.1, 0.15) is 0 Å². The number of benzene rings is 2. The average Bonchev–Trinajstić information content (AvgIpc) is 2.73. The molecule has 0 atom stereocenters. The number of halogens is 2. The van der Waals surface area contributed by atoms with Gasteiger partial charge in [0.1, 0.15) is 17.4 Å². The fraction of sp³-hybridized carbons (Fsp3) is 0.238. The molecular weight excluding hydrogens is 378 g/mol. The molecule has 1 fully saturated rings. The van der Waals surface area contributed by atoms with Crippen molar-refractivity contribution in [2.24, 2.45) is 0 Å². The Morgan fingerprint density at radius 1 is 1.07 bits per heavy atom. The van der Waals surface area contributed by atoms with Crippen LogP contribution in [0.25, 0.3) is 16.8 Å². The lowest BCUT2D eigenvalue weighted by Crippen LogP contribution is -2.89. The molecule has 2 heterocycles. The SMILES string of the molecule is COc1cccc(-n2ncc(N3CC[NH2+]CC3)c(-c3cc(F)cc(F)c3)c2=O)c1. The monoisotopic (exact) mass is 399 g/mol. The summed E-state index contributed by atoms with van der Waals surface area (Å²) in [6, 6.07) is 10.1. The Balaban J connectivity index is 1.93. The highest BCUT2D eigenvalue weighted by Crippen LogP contribution is 2.29. The van der Waals surface area contributed by atoms with Crippen LogP contribution in [0.5, 0.6) is 5.75 Å². The molecule has 0 aliphatic carbocycles. The Morgan fingerprint density at radius 2 is 1.79 bits per heavy atom. The minimum Gasteiger partial charge on any atom is -0.497 e. The van der Waals surface area contributed by atoms with Gasteiger partial charge in [0.15, 0.2) is 0 Å².